The van der Waals surface area contributed by atoms with Crippen LogP contribution in [0.15, 0.2) is 12.7 Å². The summed E-state index contributed by atoms with van der Waals surface area (Å²) in [6.07, 6.45) is 6.30. The van der Waals surface area contributed by atoms with Gasteiger partial charge >= 0.3 is 0 Å². The molecule has 0 aromatic rings. The maximum atomic E-state index is 11.7. The molecule has 0 aromatic carbocycles. The highest BCUT2D eigenvalue weighted by molar-refractivity contribution is 5.76. The lowest BCUT2D eigenvalue weighted by molar-refractivity contribution is -0.131. The number of aliphatic hydroxyl groups is 1. The molecular formula is C12H24N2O2. The highest BCUT2D eigenvalue weighted by atomic mass is 16.3. The number of nitrogens with zero attached hydrogens (tertiary/aromatic N) is 1. The first-order valence-electron chi connectivity index (χ1n) is 5.95. The van der Waals surface area contributed by atoms with Crippen LogP contribution in [0.1, 0.15) is 32.1 Å². The minimum absolute atomic E-state index is 0.00670. The molecule has 0 aliphatic carbocycles. The van der Waals surface area contributed by atoms with Crippen LogP contribution in [0.4, 0.5) is 0 Å². The van der Waals surface area contributed by atoms with Gasteiger partial charge < -0.3 is 15.7 Å². The van der Waals surface area contributed by atoms with Crippen LogP contribution in [0, 0.1) is 0 Å². The zero-order chi connectivity index (χ0) is 12.2. The van der Waals surface area contributed by atoms with E-state index in [9.17, 15) is 4.79 Å². The number of nitrogens with two attached hydrogens (primary N) is 1. The van der Waals surface area contributed by atoms with Crippen molar-refractivity contribution in [1.29, 1.82) is 0 Å². The van der Waals surface area contributed by atoms with Crippen LogP contribution in [0.5, 0.6) is 0 Å². The van der Waals surface area contributed by atoms with Gasteiger partial charge in [-0.05, 0) is 19.4 Å². The van der Waals surface area contributed by atoms with Gasteiger partial charge in [0.25, 0.3) is 0 Å². The minimum Gasteiger partial charge on any atom is -0.395 e. The summed E-state index contributed by atoms with van der Waals surface area (Å²) in [6.45, 7) is 5.24. The maximum absolute atomic E-state index is 11.7. The molecule has 0 unspecified atom stereocenters. The van der Waals surface area contributed by atoms with Crippen LogP contribution in [0.25, 0.3) is 0 Å². The molecule has 0 rings (SSSR count). The van der Waals surface area contributed by atoms with Crippen molar-refractivity contribution in [3.8, 4) is 0 Å². The van der Waals surface area contributed by atoms with E-state index in [4.69, 9.17) is 10.8 Å². The second-order valence-electron chi connectivity index (χ2n) is 3.80. The molecule has 4 nitrogen and oxygen atoms in total. The fraction of sp³-hybridized carbons (Fsp3) is 0.750. The summed E-state index contributed by atoms with van der Waals surface area (Å²) in [5, 5.41) is 8.81. The van der Waals surface area contributed by atoms with E-state index in [1.807, 2.05) is 0 Å². The van der Waals surface area contributed by atoms with Gasteiger partial charge in [-0.25, -0.2) is 0 Å². The van der Waals surface area contributed by atoms with Gasteiger partial charge in [-0.3, -0.25) is 4.79 Å². The lowest BCUT2D eigenvalue weighted by Crippen LogP contribution is -2.33. The number of amides is 1. The molecule has 1 amide bonds. The summed E-state index contributed by atoms with van der Waals surface area (Å²) in [5.74, 6) is 0.0988. The summed E-state index contributed by atoms with van der Waals surface area (Å²) >= 11 is 0. The number of carbonyl (C=O) groups excluding carboxylic acids is 1. The molecule has 94 valence electrons. The Morgan fingerprint density at radius 2 is 2.00 bits per heavy atom. The molecule has 0 atom stereocenters. The first kappa shape index (κ1) is 15.1. The van der Waals surface area contributed by atoms with Gasteiger partial charge in [0.05, 0.1) is 6.61 Å². The average molecular weight is 228 g/mol. The zero-order valence-corrected chi connectivity index (χ0v) is 10.0. The van der Waals surface area contributed by atoms with E-state index in [2.05, 4.69) is 6.58 Å². The third-order valence-electron chi connectivity index (χ3n) is 2.42. The van der Waals surface area contributed by atoms with Crippen LogP contribution in [-0.2, 0) is 4.79 Å². The van der Waals surface area contributed by atoms with Crippen molar-refractivity contribution in [3.63, 3.8) is 0 Å². The first-order valence-corrected chi connectivity index (χ1v) is 5.95. The highest BCUT2D eigenvalue weighted by Crippen LogP contribution is 2.05. The van der Waals surface area contributed by atoms with Crippen molar-refractivity contribution in [1.82, 2.24) is 4.90 Å². The average Bonchev–Trinajstić information content (AvgIpc) is 2.28. The fourth-order valence-electron chi connectivity index (χ4n) is 1.53. The van der Waals surface area contributed by atoms with Crippen molar-refractivity contribution in [2.75, 3.05) is 26.2 Å². The topological polar surface area (TPSA) is 66.6 Å². The van der Waals surface area contributed by atoms with E-state index >= 15 is 0 Å². The summed E-state index contributed by atoms with van der Waals surface area (Å²) in [7, 11) is 0. The molecule has 3 N–H and O–H groups in total. The van der Waals surface area contributed by atoms with Crippen molar-refractivity contribution in [2.45, 2.75) is 32.1 Å². The predicted octanol–water partition coefficient (Wildman–Crippen LogP) is 0.902. The van der Waals surface area contributed by atoms with Gasteiger partial charge in [-0.1, -0.05) is 18.9 Å². The molecule has 0 saturated carbocycles. The Hall–Kier alpha value is -0.870. The molecule has 4 heteroatoms. The van der Waals surface area contributed by atoms with Crippen LogP contribution in [0.3, 0.4) is 0 Å². The van der Waals surface area contributed by atoms with Crippen LogP contribution < -0.4 is 5.73 Å². The third-order valence-corrected chi connectivity index (χ3v) is 2.42. The zero-order valence-electron chi connectivity index (χ0n) is 10.0. The first-order chi connectivity index (χ1) is 7.76. The molecule has 16 heavy (non-hydrogen) atoms. The van der Waals surface area contributed by atoms with Gasteiger partial charge in [0.15, 0.2) is 0 Å². The minimum atomic E-state index is 0.00670. The Morgan fingerprint density at radius 1 is 1.31 bits per heavy atom. The number of hydrogen-bond donors (Lipinski definition) is 2. The van der Waals surface area contributed by atoms with Gasteiger partial charge in [-0.2, -0.15) is 0 Å². The Balaban J connectivity index is 3.69. The van der Waals surface area contributed by atoms with E-state index in [0.29, 0.717) is 19.5 Å². The lowest BCUT2D eigenvalue weighted by atomic mass is 10.1. The second-order valence-corrected chi connectivity index (χ2v) is 3.80. The lowest BCUT2D eigenvalue weighted by Gasteiger charge is -2.19. The monoisotopic (exact) mass is 228 g/mol. The molecule has 0 aliphatic heterocycles. The second kappa shape index (κ2) is 10.6. The standard InChI is InChI=1S/C12H24N2O2/c1-2-9-14(10-11-15)12(16)7-5-3-4-6-8-13/h2,15H,1,3-11,13H2. The summed E-state index contributed by atoms with van der Waals surface area (Å²) < 4.78 is 0. The Bertz CT molecular complexity index is 195. The molecule has 0 fully saturated rings. The Labute approximate surface area is 98.1 Å². The van der Waals surface area contributed by atoms with E-state index < -0.39 is 0 Å². The van der Waals surface area contributed by atoms with Gasteiger partial charge in [0, 0.05) is 19.5 Å². The van der Waals surface area contributed by atoms with E-state index in [0.717, 1.165) is 32.2 Å². The number of hydrogen-bond acceptors (Lipinski definition) is 3. The van der Waals surface area contributed by atoms with Crippen molar-refractivity contribution in [3.05, 3.63) is 12.7 Å². The van der Waals surface area contributed by atoms with E-state index in [-0.39, 0.29) is 12.5 Å². The molecular weight excluding hydrogens is 204 g/mol. The molecule has 0 radical (unpaired) electrons. The van der Waals surface area contributed by atoms with Crippen LogP contribution >= 0.6 is 0 Å². The highest BCUT2D eigenvalue weighted by Gasteiger charge is 2.10. The normalized spacial score (nSPS) is 10.1. The molecule has 0 aromatic heterocycles. The number of rotatable bonds is 10. The molecule has 0 heterocycles. The smallest absolute Gasteiger partial charge is 0.222 e. The molecule has 0 bridgehead atoms. The SMILES string of the molecule is C=CCN(CCO)C(=O)CCCCCCN. The fourth-order valence-corrected chi connectivity index (χ4v) is 1.53. The summed E-state index contributed by atoms with van der Waals surface area (Å²) in [6, 6.07) is 0. The van der Waals surface area contributed by atoms with Crippen molar-refractivity contribution < 1.29 is 9.90 Å². The van der Waals surface area contributed by atoms with E-state index in [1.165, 1.54) is 0 Å². The number of aliphatic hydroxyl groups excluding tert-OH is 1. The van der Waals surface area contributed by atoms with E-state index in [1.54, 1.807) is 11.0 Å². The summed E-state index contributed by atoms with van der Waals surface area (Å²) in [5.41, 5.74) is 5.38. The third kappa shape index (κ3) is 7.43. The van der Waals surface area contributed by atoms with Gasteiger partial charge in [0.1, 0.15) is 0 Å². The Morgan fingerprint density at radius 3 is 2.56 bits per heavy atom. The summed E-state index contributed by atoms with van der Waals surface area (Å²) in [4.78, 5) is 13.3. The number of unbranched alkanes of at least 4 members (excludes halogenated alkanes) is 3. The maximum Gasteiger partial charge on any atom is 0.222 e. The molecule has 0 spiro atoms. The van der Waals surface area contributed by atoms with Crippen molar-refractivity contribution >= 4 is 5.91 Å². The van der Waals surface area contributed by atoms with Crippen LogP contribution in [0.2, 0.25) is 0 Å². The quantitative estimate of drug-likeness (QED) is 0.431. The van der Waals surface area contributed by atoms with Gasteiger partial charge in [0.2, 0.25) is 5.91 Å². The largest absolute Gasteiger partial charge is 0.395 e. The molecule has 0 aliphatic rings. The predicted molar refractivity (Wildman–Crippen MR) is 66.0 cm³/mol. The van der Waals surface area contributed by atoms with Crippen molar-refractivity contribution in [2.24, 2.45) is 5.73 Å². The molecule has 0 saturated heterocycles. The number of carbonyl (C=O) groups is 1. The Kier molecular flexibility index (Phi) is 10.1. The van der Waals surface area contributed by atoms with Crippen LogP contribution in [-0.4, -0.2) is 42.2 Å². The van der Waals surface area contributed by atoms with Gasteiger partial charge in [-0.15, -0.1) is 6.58 Å².